The van der Waals surface area contributed by atoms with Crippen LogP contribution in [0.15, 0.2) is 71.8 Å². The maximum atomic E-state index is 12.7. The highest BCUT2D eigenvalue weighted by molar-refractivity contribution is 5.94. The van der Waals surface area contributed by atoms with Gasteiger partial charge in [0.25, 0.3) is 0 Å². The first-order chi connectivity index (χ1) is 21.6. The Morgan fingerprint density at radius 2 is 1.02 bits per heavy atom. The van der Waals surface area contributed by atoms with E-state index in [1.807, 2.05) is 18.9 Å². The van der Waals surface area contributed by atoms with Gasteiger partial charge in [0.1, 0.15) is 48.1 Å². The molecular formula is C31H40N6O8. The normalized spacial score (nSPS) is 12.1. The molecule has 14 nitrogen and oxygen atoms in total. The summed E-state index contributed by atoms with van der Waals surface area (Å²) in [7, 11) is 5.16. The third-order valence-electron chi connectivity index (χ3n) is 5.39. The molecule has 0 fully saturated rings. The van der Waals surface area contributed by atoms with Crippen molar-refractivity contribution in [2.45, 2.75) is 19.4 Å². The number of aliphatic hydroxyl groups excluding tert-OH is 2. The smallest absolute Gasteiger partial charge is 0.349 e. The molecule has 0 heterocycles. The van der Waals surface area contributed by atoms with Crippen LogP contribution in [0.5, 0.6) is 0 Å². The van der Waals surface area contributed by atoms with Crippen LogP contribution in [0.4, 0.5) is 0 Å². The molecule has 0 bridgehead atoms. The highest BCUT2D eigenvalue weighted by Crippen LogP contribution is 2.08. The van der Waals surface area contributed by atoms with Gasteiger partial charge in [0.2, 0.25) is 0 Å². The van der Waals surface area contributed by atoms with Gasteiger partial charge in [-0.15, -0.1) is 0 Å². The number of nitrogens with zero attached hydrogens (tertiary/aromatic N) is 6. The van der Waals surface area contributed by atoms with Crippen molar-refractivity contribution >= 4 is 17.9 Å². The van der Waals surface area contributed by atoms with Gasteiger partial charge >= 0.3 is 17.9 Å². The molecule has 0 unspecified atom stereocenters. The van der Waals surface area contributed by atoms with Crippen LogP contribution in [-0.2, 0) is 28.6 Å². The van der Waals surface area contributed by atoms with Crippen LogP contribution in [0.3, 0.4) is 0 Å². The van der Waals surface area contributed by atoms with E-state index in [-0.39, 0.29) is 18.8 Å². The molecule has 0 saturated heterocycles. The zero-order chi connectivity index (χ0) is 34.0. The lowest BCUT2D eigenvalue weighted by atomic mass is 10.2. The number of likely N-dealkylation sites (N-methyl/N-ethyl adjacent to an activating group) is 2. The highest BCUT2D eigenvalue weighted by Gasteiger charge is 2.23. The molecule has 45 heavy (non-hydrogen) atoms. The summed E-state index contributed by atoms with van der Waals surface area (Å²) in [5.74, 6) is -3.21. The molecule has 0 aromatic rings. The van der Waals surface area contributed by atoms with E-state index in [9.17, 15) is 30.2 Å². The summed E-state index contributed by atoms with van der Waals surface area (Å²) in [6.07, 6.45) is 12.1. The summed E-state index contributed by atoms with van der Waals surface area (Å²) in [6.45, 7) is 1.89. The molecule has 0 radical (unpaired) electrons. The Morgan fingerprint density at radius 3 is 1.36 bits per heavy atom. The Hall–Kier alpha value is -5.36. The minimum atomic E-state index is -1.41. The Kier molecular flexibility index (Phi) is 21.2. The van der Waals surface area contributed by atoms with Gasteiger partial charge in [-0.25, -0.2) is 14.4 Å². The number of carbonyl (C=O) groups excluding carboxylic acids is 3. The van der Waals surface area contributed by atoms with E-state index in [1.165, 1.54) is 48.9 Å². The fourth-order valence-electron chi connectivity index (χ4n) is 3.03. The van der Waals surface area contributed by atoms with Crippen LogP contribution in [0.2, 0.25) is 0 Å². The van der Waals surface area contributed by atoms with Gasteiger partial charge in [-0.2, -0.15) is 15.8 Å². The molecule has 0 aromatic carbocycles. The van der Waals surface area contributed by atoms with E-state index >= 15 is 0 Å². The predicted octanol–water partition coefficient (Wildman–Crippen LogP) is 1.07. The second-order valence-corrected chi connectivity index (χ2v) is 9.21. The Labute approximate surface area is 263 Å². The summed E-state index contributed by atoms with van der Waals surface area (Å²) in [4.78, 5) is 42.9. The molecular weight excluding hydrogens is 584 g/mol. The van der Waals surface area contributed by atoms with E-state index in [2.05, 4.69) is 0 Å². The van der Waals surface area contributed by atoms with Crippen LogP contribution in [0.1, 0.15) is 13.3 Å². The third kappa shape index (κ3) is 18.0. The number of rotatable bonds is 20. The average Bonchev–Trinajstić information content (AvgIpc) is 3.01. The summed E-state index contributed by atoms with van der Waals surface area (Å²) in [5.41, 5.74) is -1.17. The van der Waals surface area contributed by atoms with E-state index in [0.717, 1.165) is 13.0 Å². The van der Waals surface area contributed by atoms with Crippen molar-refractivity contribution in [3.63, 3.8) is 0 Å². The molecule has 14 heteroatoms. The fraction of sp³-hybridized carbons (Fsp3) is 0.419. The van der Waals surface area contributed by atoms with Crippen molar-refractivity contribution < 1.29 is 38.8 Å². The number of esters is 3. The van der Waals surface area contributed by atoms with E-state index in [0.29, 0.717) is 13.1 Å². The van der Waals surface area contributed by atoms with Gasteiger partial charge < -0.3 is 39.1 Å². The van der Waals surface area contributed by atoms with E-state index < -0.39 is 48.4 Å². The van der Waals surface area contributed by atoms with Gasteiger partial charge in [0.15, 0.2) is 6.10 Å². The number of aliphatic hydroxyl groups is 2. The highest BCUT2D eigenvalue weighted by atomic mass is 16.6. The first-order valence-electron chi connectivity index (χ1n) is 13.8. The van der Waals surface area contributed by atoms with Crippen LogP contribution >= 0.6 is 0 Å². The molecule has 242 valence electrons. The predicted molar refractivity (Wildman–Crippen MR) is 163 cm³/mol. The van der Waals surface area contributed by atoms with Crippen LogP contribution in [0, 0.1) is 34.0 Å². The summed E-state index contributed by atoms with van der Waals surface area (Å²) in [5, 5.41) is 46.1. The van der Waals surface area contributed by atoms with Gasteiger partial charge in [0.05, 0.1) is 13.2 Å². The molecule has 0 atom stereocenters. The Morgan fingerprint density at radius 1 is 0.667 bits per heavy atom. The molecule has 0 spiro atoms. The van der Waals surface area contributed by atoms with Crippen molar-refractivity contribution in [3.05, 3.63) is 71.8 Å². The third-order valence-corrected chi connectivity index (χ3v) is 5.39. The topological polar surface area (TPSA) is 200 Å². The van der Waals surface area contributed by atoms with Gasteiger partial charge in [-0.05, 0) is 61.5 Å². The standard InChI is InChI=1S/C31H40N6O8/c1-5-12-35(2)13-8-11-27(22-34)31(42)45-28(23-43-29(40)25(20-32)9-6-14-36(3)16-18-38)24-44-30(41)26(21-33)10-7-15-37(4)17-19-39/h6-11,13-15,28,38-39H,5,12,16-19,23-24H2,1-4H3/b13-8+,14-6+,15-7+,25-9-,26-10-,27-11-. The zero-order valence-corrected chi connectivity index (χ0v) is 26.0. The number of carbonyl (C=O) groups is 3. The SMILES string of the molecule is CCCN(C)/C=C/C=C(/C#N)C(=O)OC(COC(=O)/C(C#N)=C\C=C\N(C)CCO)COC(=O)/C(C#N)=C\C=C\N(C)CCO. The second-order valence-electron chi connectivity index (χ2n) is 9.21. The summed E-state index contributed by atoms with van der Waals surface area (Å²) < 4.78 is 15.5. The molecule has 0 amide bonds. The van der Waals surface area contributed by atoms with E-state index in [4.69, 9.17) is 24.4 Å². The van der Waals surface area contributed by atoms with E-state index in [1.54, 1.807) is 48.3 Å². The largest absolute Gasteiger partial charge is 0.457 e. The van der Waals surface area contributed by atoms with Crippen molar-refractivity contribution in [1.29, 1.82) is 15.8 Å². The lowest BCUT2D eigenvalue weighted by molar-refractivity contribution is -0.161. The maximum absolute atomic E-state index is 12.7. The number of ether oxygens (including phenoxy) is 3. The summed E-state index contributed by atoms with van der Waals surface area (Å²) >= 11 is 0. The Bertz CT molecular complexity index is 1210. The monoisotopic (exact) mass is 624 g/mol. The fourth-order valence-corrected chi connectivity index (χ4v) is 3.03. The summed E-state index contributed by atoms with van der Waals surface area (Å²) in [6, 6.07) is 5.11. The molecule has 0 aliphatic rings. The second kappa shape index (κ2) is 24.1. The quantitative estimate of drug-likeness (QED) is 0.0640. The molecule has 0 aliphatic heterocycles. The minimum absolute atomic E-state index is 0.0956. The van der Waals surface area contributed by atoms with Gasteiger partial charge in [-0.1, -0.05) is 6.92 Å². The molecule has 0 aromatic heterocycles. The van der Waals surface area contributed by atoms with Crippen molar-refractivity contribution in [2.75, 3.05) is 67.2 Å². The van der Waals surface area contributed by atoms with Gasteiger partial charge in [-0.3, -0.25) is 0 Å². The molecule has 2 N–H and O–H groups in total. The first-order valence-corrected chi connectivity index (χ1v) is 13.8. The van der Waals surface area contributed by atoms with Crippen LogP contribution in [0.25, 0.3) is 0 Å². The van der Waals surface area contributed by atoms with Crippen LogP contribution in [-0.4, -0.2) is 116 Å². The molecule has 0 aliphatic carbocycles. The van der Waals surface area contributed by atoms with Crippen molar-refractivity contribution in [1.82, 2.24) is 14.7 Å². The molecule has 0 rings (SSSR count). The van der Waals surface area contributed by atoms with Crippen molar-refractivity contribution in [3.8, 4) is 18.2 Å². The average molecular weight is 625 g/mol. The number of allylic oxidation sites excluding steroid dienone is 6. The first kappa shape index (κ1) is 39.6. The molecule has 0 saturated carbocycles. The van der Waals surface area contributed by atoms with Crippen LogP contribution < -0.4 is 0 Å². The minimum Gasteiger partial charge on any atom is -0.457 e. The lowest BCUT2D eigenvalue weighted by Gasteiger charge is -2.17. The van der Waals surface area contributed by atoms with Crippen molar-refractivity contribution in [2.24, 2.45) is 0 Å². The zero-order valence-electron chi connectivity index (χ0n) is 26.0. The van der Waals surface area contributed by atoms with Gasteiger partial charge in [0, 0.05) is 40.8 Å². The maximum Gasteiger partial charge on any atom is 0.349 e. The number of nitriles is 3. The lowest BCUT2D eigenvalue weighted by Crippen LogP contribution is -2.31. The number of hydrogen-bond acceptors (Lipinski definition) is 14. The Balaban J connectivity index is 5.85. The number of hydrogen-bond donors (Lipinski definition) is 2.